The van der Waals surface area contributed by atoms with Crippen molar-refractivity contribution in [2.24, 2.45) is 5.92 Å². The number of alkyl halides is 2. The highest BCUT2D eigenvalue weighted by Crippen LogP contribution is 2.36. The first kappa shape index (κ1) is 22.6. The largest absolute Gasteiger partial charge is 0.454 e. The Kier molecular flexibility index (Phi) is 5.93. The average molecular weight is 486 g/mol. The number of anilines is 1. The standard InChI is InChI=1S/C24H25F2N5O2S/c1-13-15(3)34-22-19(13)21(27-12-28-22)30-10-8-16(9-11-30)23(32)33-14(2)20-29-17-6-4-5-7-18(17)31(20)24(25)26/h4-7,12,14,16,24H,8-11H2,1-3H3. The Bertz CT molecular complexity index is 1360. The summed E-state index contributed by atoms with van der Waals surface area (Å²) in [5, 5.41) is 1.07. The molecule has 1 aliphatic heterocycles. The average Bonchev–Trinajstić information content (AvgIpc) is 3.37. The Morgan fingerprint density at radius 3 is 2.65 bits per heavy atom. The Balaban J connectivity index is 1.28. The quantitative estimate of drug-likeness (QED) is 0.344. The van der Waals surface area contributed by atoms with Crippen LogP contribution in [0.5, 0.6) is 0 Å². The van der Waals surface area contributed by atoms with Gasteiger partial charge in [-0.1, -0.05) is 12.1 Å². The van der Waals surface area contributed by atoms with Gasteiger partial charge in [-0.25, -0.2) is 15.0 Å². The van der Waals surface area contributed by atoms with Crippen LogP contribution in [0.4, 0.5) is 14.6 Å². The van der Waals surface area contributed by atoms with Crippen LogP contribution in [0.1, 0.15) is 48.7 Å². The number of ether oxygens (including phenoxy) is 1. The van der Waals surface area contributed by atoms with Crippen molar-refractivity contribution >= 4 is 44.4 Å². The topological polar surface area (TPSA) is 73.1 Å². The van der Waals surface area contributed by atoms with Gasteiger partial charge >= 0.3 is 12.5 Å². The van der Waals surface area contributed by atoms with E-state index in [1.165, 1.54) is 10.4 Å². The molecule has 4 heterocycles. The Morgan fingerprint density at radius 2 is 1.91 bits per heavy atom. The van der Waals surface area contributed by atoms with Crippen molar-refractivity contribution in [1.29, 1.82) is 0 Å². The monoisotopic (exact) mass is 485 g/mol. The third kappa shape index (κ3) is 3.89. The fourth-order valence-corrected chi connectivity index (χ4v) is 5.60. The van der Waals surface area contributed by atoms with E-state index in [1.807, 2.05) is 0 Å². The second-order valence-corrected chi connectivity index (χ2v) is 9.81. The Labute approximate surface area is 199 Å². The summed E-state index contributed by atoms with van der Waals surface area (Å²) in [5.41, 5.74) is 1.95. The van der Waals surface area contributed by atoms with Gasteiger partial charge in [0.25, 0.3) is 0 Å². The highest BCUT2D eigenvalue weighted by atomic mass is 32.1. The van der Waals surface area contributed by atoms with Gasteiger partial charge in [0, 0.05) is 18.0 Å². The number of esters is 1. The summed E-state index contributed by atoms with van der Waals surface area (Å²) in [6.45, 7) is 4.29. The van der Waals surface area contributed by atoms with E-state index in [0.29, 0.717) is 37.0 Å². The maximum absolute atomic E-state index is 13.8. The normalized spacial score (nSPS) is 16.0. The number of imidazole rings is 1. The summed E-state index contributed by atoms with van der Waals surface area (Å²) < 4.78 is 34.0. The molecule has 0 spiro atoms. The van der Waals surface area contributed by atoms with E-state index in [9.17, 15) is 13.6 Å². The molecule has 178 valence electrons. The van der Waals surface area contributed by atoms with Crippen LogP contribution >= 0.6 is 11.3 Å². The number of hydrogen-bond acceptors (Lipinski definition) is 7. The van der Waals surface area contributed by atoms with Gasteiger partial charge in [0.2, 0.25) is 0 Å². The van der Waals surface area contributed by atoms with E-state index in [-0.39, 0.29) is 17.7 Å². The molecule has 34 heavy (non-hydrogen) atoms. The van der Waals surface area contributed by atoms with Gasteiger partial charge in [0.15, 0.2) is 11.9 Å². The zero-order chi connectivity index (χ0) is 24.0. The first-order chi connectivity index (χ1) is 16.3. The summed E-state index contributed by atoms with van der Waals surface area (Å²) in [6.07, 6.45) is 1.91. The van der Waals surface area contributed by atoms with Crippen LogP contribution < -0.4 is 4.90 Å². The Hall–Kier alpha value is -3.14. The van der Waals surface area contributed by atoms with Gasteiger partial charge in [-0.3, -0.25) is 9.36 Å². The molecule has 1 saturated heterocycles. The van der Waals surface area contributed by atoms with E-state index in [2.05, 4.69) is 33.7 Å². The number of aryl methyl sites for hydroxylation is 2. The summed E-state index contributed by atoms with van der Waals surface area (Å²) in [4.78, 5) is 30.5. The molecular weight excluding hydrogens is 460 g/mol. The van der Waals surface area contributed by atoms with Gasteiger partial charge in [0.05, 0.1) is 22.3 Å². The number of nitrogens with zero attached hydrogens (tertiary/aromatic N) is 5. The Morgan fingerprint density at radius 1 is 1.18 bits per heavy atom. The molecule has 1 aromatic carbocycles. The minimum atomic E-state index is -2.78. The van der Waals surface area contributed by atoms with E-state index in [1.54, 1.807) is 48.9 Å². The molecule has 4 aromatic rings. The van der Waals surface area contributed by atoms with E-state index in [4.69, 9.17) is 4.74 Å². The zero-order valence-corrected chi connectivity index (χ0v) is 20.0. The lowest BCUT2D eigenvalue weighted by atomic mass is 9.96. The van der Waals surface area contributed by atoms with Gasteiger partial charge in [-0.2, -0.15) is 8.78 Å². The highest BCUT2D eigenvalue weighted by molar-refractivity contribution is 7.18. The molecule has 0 aliphatic carbocycles. The van der Waals surface area contributed by atoms with Crippen LogP contribution in [-0.2, 0) is 9.53 Å². The van der Waals surface area contributed by atoms with Gasteiger partial charge < -0.3 is 9.64 Å². The van der Waals surface area contributed by atoms with Gasteiger partial charge in [-0.05, 0) is 51.3 Å². The summed E-state index contributed by atoms with van der Waals surface area (Å²) in [6, 6.07) is 6.68. The van der Waals surface area contributed by atoms with E-state index < -0.39 is 12.7 Å². The molecule has 0 N–H and O–H groups in total. The van der Waals surface area contributed by atoms with Crippen LogP contribution in [0, 0.1) is 19.8 Å². The number of fused-ring (bicyclic) bond motifs is 2. The van der Waals surface area contributed by atoms with Crippen molar-refractivity contribution in [2.75, 3.05) is 18.0 Å². The molecule has 0 bridgehead atoms. The molecule has 3 aromatic heterocycles. The first-order valence-corrected chi connectivity index (χ1v) is 12.1. The van der Waals surface area contributed by atoms with Crippen molar-refractivity contribution in [3.63, 3.8) is 0 Å². The van der Waals surface area contributed by atoms with Crippen molar-refractivity contribution in [1.82, 2.24) is 19.5 Å². The maximum atomic E-state index is 13.8. The number of piperidine rings is 1. The third-order valence-corrected chi connectivity index (χ3v) is 7.66. The summed E-state index contributed by atoms with van der Waals surface area (Å²) >= 11 is 1.66. The second-order valence-electron chi connectivity index (χ2n) is 8.61. The van der Waals surface area contributed by atoms with Crippen molar-refractivity contribution in [3.8, 4) is 0 Å². The molecule has 1 aliphatic rings. The third-order valence-electron chi connectivity index (χ3n) is 6.55. The second kappa shape index (κ2) is 8.90. The van der Waals surface area contributed by atoms with E-state index in [0.717, 1.165) is 20.6 Å². The van der Waals surface area contributed by atoms with Gasteiger partial charge in [0.1, 0.15) is 17.0 Å². The molecular formula is C24H25F2N5O2S. The molecule has 0 saturated carbocycles. The number of carbonyl (C=O) groups excluding carboxylic acids is 1. The lowest BCUT2D eigenvalue weighted by Gasteiger charge is -2.32. The minimum absolute atomic E-state index is 0.0497. The molecule has 1 unspecified atom stereocenters. The predicted molar refractivity (Wildman–Crippen MR) is 127 cm³/mol. The molecule has 5 rings (SSSR count). The predicted octanol–water partition coefficient (Wildman–Crippen LogP) is 5.57. The number of carbonyl (C=O) groups is 1. The van der Waals surface area contributed by atoms with E-state index >= 15 is 0 Å². The highest BCUT2D eigenvalue weighted by Gasteiger charge is 2.31. The fraction of sp³-hybridized carbons (Fsp3) is 0.417. The number of halogens is 2. The van der Waals surface area contributed by atoms with Crippen LogP contribution in [-0.4, -0.2) is 38.6 Å². The number of hydrogen-bond donors (Lipinski definition) is 0. The number of para-hydroxylation sites is 2. The van der Waals surface area contributed by atoms with Crippen molar-refractivity contribution in [2.45, 2.75) is 46.3 Å². The smallest absolute Gasteiger partial charge is 0.320 e. The number of thiophene rings is 1. The maximum Gasteiger partial charge on any atom is 0.320 e. The molecule has 0 radical (unpaired) electrons. The lowest BCUT2D eigenvalue weighted by molar-refractivity contribution is -0.155. The van der Waals surface area contributed by atoms with Crippen LogP contribution in [0.25, 0.3) is 21.3 Å². The van der Waals surface area contributed by atoms with Crippen LogP contribution in [0.3, 0.4) is 0 Å². The SMILES string of the molecule is Cc1sc2ncnc(N3CCC(C(=O)OC(C)c4nc5ccccc5n4C(F)F)CC3)c2c1C. The number of benzene rings is 1. The number of rotatable bonds is 5. The summed E-state index contributed by atoms with van der Waals surface area (Å²) in [5.74, 6) is 0.271. The van der Waals surface area contributed by atoms with Crippen molar-refractivity contribution < 1.29 is 18.3 Å². The number of aromatic nitrogens is 4. The minimum Gasteiger partial charge on any atom is -0.454 e. The van der Waals surface area contributed by atoms with Gasteiger partial charge in [-0.15, -0.1) is 11.3 Å². The van der Waals surface area contributed by atoms with Crippen LogP contribution in [0.15, 0.2) is 30.6 Å². The molecule has 1 fully saturated rings. The fourth-order valence-electron chi connectivity index (χ4n) is 4.61. The molecule has 7 nitrogen and oxygen atoms in total. The summed E-state index contributed by atoms with van der Waals surface area (Å²) in [7, 11) is 0. The molecule has 10 heteroatoms. The zero-order valence-electron chi connectivity index (χ0n) is 19.2. The lowest BCUT2D eigenvalue weighted by Crippen LogP contribution is -2.37. The first-order valence-electron chi connectivity index (χ1n) is 11.3. The van der Waals surface area contributed by atoms with Crippen LogP contribution in [0.2, 0.25) is 0 Å². The molecule has 1 atom stereocenters. The molecule has 0 amide bonds. The van der Waals surface area contributed by atoms with Crippen molar-refractivity contribution in [3.05, 3.63) is 46.9 Å².